The van der Waals surface area contributed by atoms with E-state index in [-0.39, 0.29) is 24.9 Å². The predicted octanol–water partition coefficient (Wildman–Crippen LogP) is 0.808. The molecule has 0 aliphatic heterocycles. The van der Waals surface area contributed by atoms with Gasteiger partial charge in [0.2, 0.25) is 0 Å². The summed E-state index contributed by atoms with van der Waals surface area (Å²) in [5, 5.41) is 12.8. The molecule has 6 heteroatoms. The molecule has 1 aliphatic rings. The highest BCUT2D eigenvalue weighted by Crippen LogP contribution is 2.28. The van der Waals surface area contributed by atoms with Crippen LogP contribution in [0.4, 0.5) is 0 Å². The molecular formula is C12H17N3O3. The maximum atomic E-state index is 12.4. The molecule has 18 heavy (non-hydrogen) atoms. The summed E-state index contributed by atoms with van der Waals surface area (Å²) in [5.41, 5.74) is 1.37. The van der Waals surface area contributed by atoms with E-state index < -0.39 is 5.97 Å². The molecular weight excluding hydrogens is 234 g/mol. The van der Waals surface area contributed by atoms with Gasteiger partial charge in [0, 0.05) is 25.3 Å². The number of carbonyl (C=O) groups is 2. The van der Waals surface area contributed by atoms with Crippen molar-refractivity contribution in [1.82, 2.24) is 14.7 Å². The molecule has 1 aromatic rings. The molecule has 1 amide bonds. The Hall–Kier alpha value is -1.85. The average molecular weight is 251 g/mol. The van der Waals surface area contributed by atoms with E-state index in [0.29, 0.717) is 5.56 Å². The largest absolute Gasteiger partial charge is 0.481 e. The van der Waals surface area contributed by atoms with Gasteiger partial charge in [0.25, 0.3) is 5.91 Å². The summed E-state index contributed by atoms with van der Waals surface area (Å²) < 4.78 is 1.65. The quantitative estimate of drug-likeness (QED) is 0.840. The maximum absolute atomic E-state index is 12.4. The number of aromatic nitrogens is 2. The molecule has 0 radical (unpaired) electrons. The summed E-state index contributed by atoms with van der Waals surface area (Å²) in [5.74, 6) is -0.985. The number of aliphatic carboxylic acids is 1. The van der Waals surface area contributed by atoms with Gasteiger partial charge in [-0.25, -0.2) is 0 Å². The van der Waals surface area contributed by atoms with Gasteiger partial charge < -0.3 is 10.0 Å². The Balaban J connectivity index is 2.13. The van der Waals surface area contributed by atoms with Gasteiger partial charge in [-0.15, -0.1) is 0 Å². The normalized spacial score (nSPS) is 14.6. The summed E-state index contributed by atoms with van der Waals surface area (Å²) >= 11 is 0. The standard InChI is InChI=1S/C12H17N3O3/c1-8-10(7-13-14(8)2)12(18)15(9-3-4-9)6-5-11(16)17/h7,9H,3-6H2,1-2H3,(H,16,17). The molecule has 1 saturated carbocycles. The number of hydrogen-bond donors (Lipinski definition) is 1. The molecule has 1 aromatic heterocycles. The first-order valence-corrected chi connectivity index (χ1v) is 6.02. The number of amides is 1. The van der Waals surface area contributed by atoms with Crippen LogP contribution in [0.5, 0.6) is 0 Å². The van der Waals surface area contributed by atoms with Crippen molar-refractivity contribution >= 4 is 11.9 Å². The summed E-state index contributed by atoms with van der Waals surface area (Å²) in [6.45, 7) is 2.11. The van der Waals surface area contributed by atoms with Crippen LogP contribution in [-0.2, 0) is 11.8 Å². The topological polar surface area (TPSA) is 75.4 Å². The fraction of sp³-hybridized carbons (Fsp3) is 0.583. The molecule has 0 unspecified atom stereocenters. The molecule has 0 atom stereocenters. The predicted molar refractivity (Wildman–Crippen MR) is 64.3 cm³/mol. The molecule has 6 nitrogen and oxygen atoms in total. The van der Waals surface area contributed by atoms with Crippen LogP contribution >= 0.6 is 0 Å². The number of aryl methyl sites for hydroxylation is 1. The minimum Gasteiger partial charge on any atom is -0.481 e. The number of carbonyl (C=O) groups excluding carboxylic acids is 1. The zero-order valence-electron chi connectivity index (χ0n) is 10.6. The highest BCUT2D eigenvalue weighted by atomic mass is 16.4. The van der Waals surface area contributed by atoms with E-state index in [9.17, 15) is 9.59 Å². The van der Waals surface area contributed by atoms with Crippen LogP contribution < -0.4 is 0 Å². The Labute approximate surface area is 105 Å². The molecule has 0 aromatic carbocycles. The maximum Gasteiger partial charge on any atom is 0.305 e. The first kappa shape index (κ1) is 12.6. The Morgan fingerprint density at radius 2 is 2.22 bits per heavy atom. The third-order valence-electron chi connectivity index (χ3n) is 3.28. The van der Waals surface area contributed by atoms with E-state index in [2.05, 4.69) is 5.10 Å². The SMILES string of the molecule is Cc1c(C(=O)N(CCC(=O)O)C2CC2)cnn1C. The number of carboxylic acid groups (broad SMARTS) is 1. The lowest BCUT2D eigenvalue weighted by molar-refractivity contribution is -0.137. The summed E-state index contributed by atoms with van der Waals surface area (Å²) in [6, 6.07) is 0.205. The number of rotatable bonds is 5. The van der Waals surface area contributed by atoms with E-state index >= 15 is 0 Å². The zero-order valence-corrected chi connectivity index (χ0v) is 10.6. The second kappa shape index (κ2) is 4.80. The highest BCUT2D eigenvalue weighted by Gasteiger charge is 2.34. The lowest BCUT2D eigenvalue weighted by Gasteiger charge is -2.21. The lowest BCUT2D eigenvalue weighted by atomic mass is 10.2. The molecule has 0 saturated heterocycles. The summed E-state index contributed by atoms with van der Waals surface area (Å²) in [4.78, 5) is 24.6. The third-order valence-corrected chi connectivity index (χ3v) is 3.28. The molecule has 1 aliphatic carbocycles. The van der Waals surface area contributed by atoms with E-state index in [1.54, 1.807) is 22.8 Å². The van der Waals surface area contributed by atoms with Gasteiger partial charge in [-0.3, -0.25) is 14.3 Å². The van der Waals surface area contributed by atoms with Gasteiger partial charge in [-0.2, -0.15) is 5.10 Å². The van der Waals surface area contributed by atoms with Crippen molar-refractivity contribution in [1.29, 1.82) is 0 Å². The van der Waals surface area contributed by atoms with Crippen LogP contribution in [-0.4, -0.2) is 44.3 Å². The number of nitrogens with zero attached hydrogens (tertiary/aromatic N) is 3. The van der Waals surface area contributed by atoms with Gasteiger partial charge in [-0.05, 0) is 19.8 Å². The number of carboxylic acids is 1. The Morgan fingerprint density at radius 1 is 1.56 bits per heavy atom. The number of hydrogen-bond acceptors (Lipinski definition) is 3. The van der Waals surface area contributed by atoms with Crippen molar-refractivity contribution in [3.05, 3.63) is 17.5 Å². The van der Waals surface area contributed by atoms with Crippen LogP contribution in [0, 0.1) is 6.92 Å². The minimum atomic E-state index is -0.878. The summed E-state index contributed by atoms with van der Waals surface area (Å²) in [7, 11) is 1.78. The van der Waals surface area contributed by atoms with Crippen molar-refractivity contribution in [2.75, 3.05) is 6.54 Å². The fourth-order valence-corrected chi connectivity index (χ4v) is 1.92. The minimum absolute atomic E-state index is 0.0124. The molecule has 0 bridgehead atoms. The van der Waals surface area contributed by atoms with Gasteiger partial charge in [0.1, 0.15) is 0 Å². The molecule has 1 fully saturated rings. The molecule has 98 valence electrons. The Kier molecular flexibility index (Phi) is 3.36. The van der Waals surface area contributed by atoms with E-state index in [1.165, 1.54) is 0 Å². The van der Waals surface area contributed by atoms with E-state index in [0.717, 1.165) is 18.5 Å². The van der Waals surface area contributed by atoms with Crippen LogP contribution in [0.25, 0.3) is 0 Å². The molecule has 1 heterocycles. The molecule has 0 spiro atoms. The molecule has 2 rings (SSSR count). The fourth-order valence-electron chi connectivity index (χ4n) is 1.92. The van der Waals surface area contributed by atoms with Crippen molar-refractivity contribution in [3.63, 3.8) is 0 Å². The van der Waals surface area contributed by atoms with Gasteiger partial charge in [0.15, 0.2) is 0 Å². The Morgan fingerprint density at radius 3 is 2.67 bits per heavy atom. The van der Waals surface area contributed by atoms with Crippen LogP contribution in [0.2, 0.25) is 0 Å². The average Bonchev–Trinajstić information content (AvgIpc) is 3.08. The second-order valence-corrected chi connectivity index (χ2v) is 4.64. The zero-order chi connectivity index (χ0) is 13.3. The smallest absolute Gasteiger partial charge is 0.305 e. The van der Waals surface area contributed by atoms with Gasteiger partial charge in [0.05, 0.1) is 18.2 Å². The monoisotopic (exact) mass is 251 g/mol. The van der Waals surface area contributed by atoms with Crippen molar-refractivity contribution < 1.29 is 14.7 Å². The third kappa shape index (κ3) is 2.52. The lowest BCUT2D eigenvalue weighted by Crippen LogP contribution is -2.35. The van der Waals surface area contributed by atoms with E-state index in [1.807, 2.05) is 6.92 Å². The van der Waals surface area contributed by atoms with Crippen LogP contribution in [0.15, 0.2) is 6.20 Å². The Bertz CT molecular complexity index is 477. The van der Waals surface area contributed by atoms with Gasteiger partial charge in [-0.1, -0.05) is 0 Å². The second-order valence-electron chi connectivity index (χ2n) is 4.64. The summed E-state index contributed by atoms with van der Waals surface area (Å²) in [6.07, 6.45) is 3.46. The molecule has 1 N–H and O–H groups in total. The van der Waals surface area contributed by atoms with Gasteiger partial charge >= 0.3 is 5.97 Å². The first-order valence-electron chi connectivity index (χ1n) is 6.02. The van der Waals surface area contributed by atoms with Crippen LogP contribution in [0.3, 0.4) is 0 Å². The van der Waals surface area contributed by atoms with Crippen LogP contribution in [0.1, 0.15) is 35.3 Å². The van der Waals surface area contributed by atoms with Crippen molar-refractivity contribution in [2.24, 2.45) is 7.05 Å². The first-order chi connectivity index (χ1) is 8.50. The van der Waals surface area contributed by atoms with Crippen molar-refractivity contribution in [3.8, 4) is 0 Å². The highest BCUT2D eigenvalue weighted by molar-refractivity contribution is 5.95. The van der Waals surface area contributed by atoms with E-state index in [4.69, 9.17) is 5.11 Å². The van der Waals surface area contributed by atoms with Crippen molar-refractivity contribution in [2.45, 2.75) is 32.2 Å².